The van der Waals surface area contributed by atoms with Crippen molar-refractivity contribution in [2.45, 2.75) is 13.1 Å². The summed E-state index contributed by atoms with van der Waals surface area (Å²) in [7, 11) is 0. The Labute approximate surface area is 46.6 Å². The lowest BCUT2D eigenvalue weighted by atomic mass is 10.7. The van der Waals surface area contributed by atoms with Crippen LogP contribution in [0.4, 0.5) is 0 Å². The Bertz CT molecular complexity index is 80.5. The van der Waals surface area contributed by atoms with E-state index in [2.05, 4.69) is 4.74 Å². The molecule has 0 rings (SSSR count). The molecule has 0 aliphatic carbocycles. The molecule has 0 heterocycles. The largest absolute Gasteiger partial charge is 0.452 e. The monoisotopic (exact) mass is 120 g/mol. The van der Waals surface area contributed by atoms with Gasteiger partial charge < -0.3 is 20.1 Å². The molecule has 0 fully saturated rings. The Hall–Kier alpha value is -0.580. The van der Waals surface area contributed by atoms with Crippen molar-refractivity contribution in [2.24, 2.45) is 0 Å². The second-order valence-corrected chi connectivity index (χ2v) is 1.16. The first-order valence-electron chi connectivity index (χ1n) is 2.02. The minimum Gasteiger partial charge on any atom is -0.425 e. The van der Waals surface area contributed by atoms with Crippen molar-refractivity contribution in [3.8, 4) is 0 Å². The van der Waals surface area contributed by atoms with Gasteiger partial charge in [0, 0.05) is 0 Å². The topological polar surface area (TPSA) is 69.9 Å². The van der Waals surface area contributed by atoms with Crippen molar-refractivity contribution >= 4 is 0 Å². The SMILES string of the molecule is CC=COC(O)(O)O. The van der Waals surface area contributed by atoms with Gasteiger partial charge in [0.05, 0.1) is 6.26 Å². The summed E-state index contributed by atoms with van der Waals surface area (Å²) in [5, 5.41) is 24.0. The molecule has 0 aliphatic heterocycles. The molecule has 0 unspecified atom stereocenters. The maximum atomic E-state index is 7.99. The average molecular weight is 120 g/mol. The summed E-state index contributed by atoms with van der Waals surface area (Å²) in [4.78, 5) is 0. The standard InChI is InChI=1S/C4H8O4/c1-2-3-8-4(5,6)7/h2-3,5-7H,1H3. The van der Waals surface area contributed by atoms with E-state index in [1.165, 1.54) is 6.08 Å². The minimum absolute atomic E-state index is 0.958. The van der Waals surface area contributed by atoms with Gasteiger partial charge in [0.1, 0.15) is 0 Å². The van der Waals surface area contributed by atoms with E-state index < -0.39 is 6.16 Å². The molecule has 0 aliphatic rings. The lowest BCUT2D eigenvalue weighted by molar-refractivity contribution is -0.437. The van der Waals surface area contributed by atoms with Crippen molar-refractivity contribution in [2.75, 3.05) is 0 Å². The highest BCUT2D eigenvalue weighted by Crippen LogP contribution is 1.94. The predicted octanol–water partition coefficient (Wildman–Crippen LogP) is -0.875. The Morgan fingerprint density at radius 1 is 1.38 bits per heavy atom. The number of allylic oxidation sites excluding steroid dienone is 1. The zero-order chi connectivity index (χ0) is 6.62. The molecule has 48 valence electrons. The third-order valence-electron chi connectivity index (χ3n) is 0.362. The van der Waals surface area contributed by atoms with Gasteiger partial charge in [-0.25, -0.2) is 0 Å². The number of rotatable bonds is 2. The summed E-state index contributed by atoms with van der Waals surface area (Å²) in [6, 6.07) is 0. The van der Waals surface area contributed by atoms with Gasteiger partial charge in [-0.3, -0.25) is 0 Å². The number of aliphatic hydroxyl groups is 3. The first kappa shape index (κ1) is 7.42. The highest BCUT2D eigenvalue weighted by Gasteiger charge is 2.16. The van der Waals surface area contributed by atoms with Crippen LogP contribution in [0, 0.1) is 0 Å². The summed E-state index contributed by atoms with van der Waals surface area (Å²) in [5.74, 6) is 0. The van der Waals surface area contributed by atoms with Crippen molar-refractivity contribution < 1.29 is 20.1 Å². The Morgan fingerprint density at radius 2 is 1.88 bits per heavy atom. The number of hydrogen-bond acceptors (Lipinski definition) is 4. The third-order valence-corrected chi connectivity index (χ3v) is 0.362. The molecule has 0 aromatic heterocycles. The van der Waals surface area contributed by atoms with Crippen molar-refractivity contribution in [3.63, 3.8) is 0 Å². The smallest absolute Gasteiger partial charge is 0.425 e. The Balaban J connectivity index is 3.39. The molecule has 0 saturated carbocycles. The van der Waals surface area contributed by atoms with E-state index in [1.54, 1.807) is 6.92 Å². The first-order valence-corrected chi connectivity index (χ1v) is 2.02. The summed E-state index contributed by atoms with van der Waals surface area (Å²) in [5.41, 5.74) is 0. The van der Waals surface area contributed by atoms with Gasteiger partial charge >= 0.3 is 6.16 Å². The summed E-state index contributed by atoms with van der Waals surface area (Å²) in [6.45, 7) is 1.60. The molecule has 0 bridgehead atoms. The van der Waals surface area contributed by atoms with Gasteiger partial charge in [-0.1, -0.05) is 6.08 Å². The zero-order valence-electron chi connectivity index (χ0n) is 4.40. The van der Waals surface area contributed by atoms with Crippen LogP contribution >= 0.6 is 0 Å². The van der Waals surface area contributed by atoms with Gasteiger partial charge in [0.25, 0.3) is 0 Å². The predicted molar refractivity (Wildman–Crippen MR) is 25.3 cm³/mol. The second-order valence-electron chi connectivity index (χ2n) is 1.16. The summed E-state index contributed by atoms with van der Waals surface area (Å²) >= 11 is 0. The molecular formula is C4H8O4. The minimum atomic E-state index is -3.04. The van der Waals surface area contributed by atoms with Gasteiger partial charge in [-0.15, -0.1) is 0 Å². The van der Waals surface area contributed by atoms with E-state index in [-0.39, 0.29) is 0 Å². The van der Waals surface area contributed by atoms with Gasteiger partial charge in [-0.2, -0.15) is 0 Å². The van der Waals surface area contributed by atoms with Crippen LogP contribution in [-0.4, -0.2) is 21.5 Å². The van der Waals surface area contributed by atoms with E-state index in [0.717, 1.165) is 6.26 Å². The fourth-order valence-corrected chi connectivity index (χ4v) is 0.159. The average Bonchev–Trinajstić information content (AvgIpc) is 1.59. The summed E-state index contributed by atoms with van der Waals surface area (Å²) < 4.78 is 3.86. The molecule has 0 amide bonds. The van der Waals surface area contributed by atoms with Crippen LogP contribution in [0.25, 0.3) is 0 Å². The third kappa shape index (κ3) is 5.42. The molecule has 0 aromatic carbocycles. The van der Waals surface area contributed by atoms with Crippen LogP contribution in [0.5, 0.6) is 0 Å². The van der Waals surface area contributed by atoms with E-state index in [4.69, 9.17) is 15.3 Å². The Kier molecular flexibility index (Phi) is 2.47. The Morgan fingerprint density at radius 3 is 2.00 bits per heavy atom. The van der Waals surface area contributed by atoms with E-state index >= 15 is 0 Å². The molecule has 8 heavy (non-hydrogen) atoms. The molecule has 4 heteroatoms. The van der Waals surface area contributed by atoms with Gasteiger partial charge in [-0.05, 0) is 6.92 Å². The molecule has 0 atom stereocenters. The highest BCUT2D eigenvalue weighted by molar-refractivity contribution is 4.64. The summed E-state index contributed by atoms with van der Waals surface area (Å²) in [6.07, 6.45) is -0.677. The number of ether oxygens (including phenoxy) is 1. The fraction of sp³-hybridized carbons (Fsp3) is 0.500. The molecule has 0 spiro atoms. The van der Waals surface area contributed by atoms with Crippen LogP contribution < -0.4 is 0 Å². The first-order chi connectivity index (χ1) is 3.56. The van der Waals surface area contributed by atoms with E-state index in [0.29, 0.717) is 0 Å². The maximum absolute atomic E-state index is 7.99. The molecule has 4 nitrogen and oxygen atoms in total. The van der Waals surface area contributed by atoms with Gasteiger partial charge in [0.2, 0.25) is 0 Å². The van der Waals surface area contributed by atoms with Crippen molar-refractivity contribution in [3.05, 3.63) is 12.3 Å². The molecule has 0 aromatic rings. The van der Waals surface area contributed by atoms with Gasteiger partial charge in [0.15, 0.2) is 0 Å². The van der Waals surface area contributed by atoms with Crippen molar-refractivity contribution in [1.82, 2.24) is 0 Å². The van der Waals surface area contributed by atoms with Crippen LogP contribution in [0.3, 0.4) is 0 Å². The second kappa shape index (κ2) is 2.66. The molecular weight excluding hydrogens is 112 g/mol. The lowest BCUT2D eigenvalue weighted by Gasteiger charge is -2.10. The fourth-order valence-electron chi connectivity index (χ4n) is 0.159. The normalized spacial score (nSPS) is 12.5. The van der Waals surface area contributed by atoms with Crippen LogP contribution in [0.2, 0.25) is 0 Å². The van der Waals surface area contributed by atoms with E-state index in [9.17, 15) is 0 Å². The lowest BCUT2D eigenvalue weighted by Crippen LogP contribution is -2.28. The maximum Gasteiger partial charge on any atom is 0.452 e. The molecule has 0 radical (unpaired) electrons. The number of hydrogen-bond donors (Lipinski definition) is 3. The van der Waals surface area contributed by atoms with E-state index in [1.807, 2.05) is 0 Å². The van der Waals surface area contributed by atoms with Crippen LogP contribution in [-0.2, 0) is 4.74 Å². The molecule has 0 saturated heterocycles. The molecule has 3 N–H and O–H groups in total. The highest BCUT2D eigenvalue weighted by atomic mass is 16.9. The quantitative estimate of drug-likeness (QED) is 0.327. The van der Waals surface area contributed by atoms with Crippen LogP contribution in [0.15, 0.2) is 12.3 Å². The van der Waals surface area contributed by atoms with Crippen LogP contribution in [0.1, 0.15) is 6.92 Å². The van der Waals surface area contributed by atoms with Crippen molar-refractivity contribution in [1.29, 1.82) is 0 Å². The zero-order valence-corrected chi connectivity index (χ0v) is 4.40.